The van der Waals surface area contributed by atoms with Gasteiger partial charge in [0.05, 0.1) is 17.2 Å². The topological polar surface area (TPSA) is 71.6 Å². The van der Waals surface area contributed by atoms with Crippen molar-refractivity contribution in [2.45, 2.75) is 19.3 Å². The van der Waals surface area contributed by atoms with E-state index in [4.69, 9.17) is 0 Å². The molecule has 1 aliphatic heterocycles. The van der Waals surface area contributed by atoms with Crippen molar-refractivity contribution in [1.82, 2.24) is 24.4 Å². The van der Waals surface area contributed by atoms with E-state index in [1.165, 1.54) is 19.3 Å². The van der Waals surface area contributed by atoms with Crippen LogP contribution in [0.5, 0.6) is 0 Å². The number of rotatable bonds is 4. The Morgan fingerprint density at radius 1 is 1.12 bits per heavy atom. The summed E-state index contributed by atoms with van der Waals surface area (Å²) in [5.74, 6) is -0.114. The second-order valence-corrected chi connectivity index (χ2v) is 6.85. The van der Waals surface area contributed by atoms with Gasteiger partial charge in [-0.05, 0) is 50.2 Å². The van der Waals surface area contributed by atoms with Crippen LogP contribution in [-0.2, 0) is 7.05 Å². The molecule has 0 atom stereocenters. The first-order chi connectivity index (χ1) is 12.6. The van der Waals surface area contributed by atoms with Gasteiger partial charge in [-0.1, -0.05) is 6.42 Å². The third-order valence-electron chi connectivity index (χ3n) is 5.16. The van der Waals surface area contributed by atoms with Crippen molar-refractivity contribution in [3.63, 3.8) is 0 Å². The van der Waals surface area contributed by atoms with Crippen molar-refractivity contribution >= 4 is 22.5 Å². The monoisotopic (exact) mass is 353 g/mol. The number of fused-ring (bicyclic) bond motifs is 3. The number of nitrogens with one attached hydrogen (secondary N) is 1. The van der Waals surface area contributed by atoms with Crippen molar-refractivity contribution in [2.75, 3.05) is 26.2 Å². The Balaban J connectivity index is 1.55. The lowest BCUT2D eigenvalue weighted by molar-refractivity contribution is 0.0946. The fourth-order valence-corrected chi connectivity index (χ4v) is 3.66. The predicted octanol–water partition coefficient (Wildman–Crippen LogP) is 1.40. The minimum absolute atomic E-state index is 0.114. The van der Waals surface area contributed by atoms with Gasteiger partial charge in [0, 0.05) is 25.7 Å². The van der Waals surface area contributed by atoms with E-state index in [1.807, 2.05) is 6.07 Å². The zero-order valence-electron chi connectivity index (χ0n) is 14.9. The molecule has 1 fully saturated rings. The van der Waals surface area contributed by atoms with Crippen LogP contribution in [0.1, 0.15) is 29.6 Å². The molecule has 0 bridgehead atoms. The number of hydrogen-bond donors (Lipinski definition) is 1. The summed E-state index contributed by atoms with van der Waals surface area (Å²) in [7, 11) is 1.72. The summed E-state index contributed by atoms with van der Waals surface area (Å²) in [6.45, 7) is 3.75. The molecule has 2 aromatic heterocycles. The number of amides is 1. The molecule has 0 aliphatic carbocycles. The van der Waals surface area contributed by atoms with Gasteiger partial charge >= 0.3 is 0 Å². The molecule has 1 aliphatic rings. The minimum Gasteiger partial charge on any atom is -0.351 e. The molecule has 0 radical (unpaired) electrons. The number of likely N-dealkylation sites (tertiary alicyclic amines) is 1. The first kappa shape index (κ1) is 16.8. The minimum atomic E-state index is -0.127. The van der Waals surface area contributed by atoms with Crippen LogP contribution in [0.4, 0.5) is 0 Å². The molecule has 3 aromatic rings. The third kappa shape index (κ3) is 2.99. The maximum atomic E-state index is 12.5. The summed E-state index contributed by atoms with van der Waals surface area (Å²) in [5, 5.41) is 7.21. The van der Waals surface area contributed by atoms with E-state index in [0.717, 1.165) is 25.2 Å². The number of carbonyl (C=O) groups is 1. The van der Waals surface area contributed by atoms with Gasteiger partial charge in [-0.2, -0.15) is 5.10 Å². The molecule has 1 amide bonds. The number of aryl methyl sites for hydroxylation is 1. The molecule has 1 N–H and O–H groups in total. The maximum absolute atomic E-state index is 12.5. The van der Waals surface area contributed by atoms with Crippen molar-refractivity contribution in [3.8, 4) is 0 Å². The Morgan fingerprint density at radius 2 is 1.92 bits per heavy atom. The summed E-state index contributed by atoms with van der Waals surface area (Å²) >= 11 is 0. The van der Waals surface area contributed by atoms with Crippen LogP contribution >= 0.6 is 0 Å². The largest absolute Gasteiger partial charge is 0.351 e. The van der Waals surface area contributed by atoms with E-state index in [0.29, 0.717) is 23.1 Å². The molecule has 1 aromatic carbocycles. The van der Waals surface area contributed by atoms with Crippen LogP contribution < -0.4 is 10.9 Å². The van der Waals surface area contributed by atoms with Gasteiger partial charge in [0.15, 0.2) is 0 Å². The van der Waals surface area contributed by atoms with Gasteiger partial charge in [0.25, 0.3) is 11.5 Å². The maximum Gasteiger partial charge on any atom is 0.276 e. The molecule has 0 spiro atoms. The van der Waals surface area contributed by atoms with Gasteiger partial charge in [0.2, 0.25) is 0 Å². The van der Waals surface area contributed by atoms with Crippen molar-refractivity contribution < 1.29 is 4.79 Å². The highest BCUT2D eigenvalue weighted by Crippen LogP contribution is 2.15. The summed E-state index contributed by atoms with van der Waals surface area (Å²) in [4.78, 5) is 27.3. The highest BCUT2D eigenvalue weighted by atomic mass is 16.1. The highest BCUT2D eigenvalue weighted by molar-refractivity contribution is 5.97. The molecule has 26 heavy (non-hydrogen) atoms. The van der Waals surface area contributed by atoms with Crippen LogP contribution in [0.3, 0.4) is 0 Å². The van der Waals surface area contributed by atoms with Crippen LogP contribution in [-0.4, -0.2) is 51.2 Å². The Morgan fingerprint density at radius 3 is 2.73 bits per heavy atom. The number of aromatic nitrogens is 3. The van der Waals surface area contributed by atoms with Crippen molar-refractivity contribution in [2.24, 2.45) is 7.05 Å². The van der Waals surface area contributed by atoms with E-state index in [9.17, 15) is 9.59 Å². The summed E-state index contributed by atoms with van der Waals surface area (Å²) in [6.07, 6.45) is 5.41. The average molecular weight is 353 g/mol. The van der Waals surface area contributed by atoms with Gasteiger partial charge in [-0.15, -0.1) is 0 Å². The first-order valence-electron chi connectivity index (χ1n) is 9.12. The fourth-order valence-electron chi connectivity index (χ4n) is 3.66. The van der Waals surface area contributed by atoms with Crippen LogP contribution in [0.25, 0.3) is 16.6 Å². The Kier molecular flexibility index (Phi) is 4.46. The lowest BCUT2D eigenvalue weighted by atomic mass is 10.1. The molecule has 0 saturated carbocycles. The second kappa shape index (κ2) is 6.92. The van der Waals surface area contributed by atoms with Gasteiger partial charge in [-0.25, -0.2) is 4.52 Å². The van der Waals surface area contributed by atoms with E-state index in [2.05, 4.69) is 15.3 Å². The lowest BCUT2D eigenvalue weighted by Gasteiger charge is -2.26. The predicted molar refractivity (Wildman–Crippen MR) is 101 cm³/mol. The molecule has 0 unspecified atom stereocenters. The molecule has 7 heteroatoms. The van der Waals surface area contributed by atoms with Crippen LogP contribution in [0.2, 0.25) is 0 Å². The Bertz CT molecular complexity index is 1010. The Hall–Kier alpha value is -2.67. The molecule has 3 heterocycles. The van der Waals surface area contributed by atoms with Crippen molar-refractivity contribution in [3.05, 3.63) is 46.4 Å². The number of piperidine rings is 1. The molecule has 7 nitrogen and oxygen atoms in total. The molecule has 1 saturated heterocycles. The van der Waals surface area contributed by atoms with Gasteiger partial charge < -0.3 is 14.8 Å². The molecule has 4 rings (SSSR count). The van der Waals surface area contributed by atoms with Crippen LogP contribution in [0, 0.1) is 0 Å². The zero-order valence-corrected chi connectivity index (χ0v) is 14.9. The van der Waals surface area contributed by atoms with Gasteiger partial charge in [-0.3, -0.25) is 9.59 Å². The fraction of sp³-hybridized carbons (Fsp3) is 0.421. The summed E-state index contributed by atoms with van der Waals surface area (Å²) in [6, 6.07) is 7.08. The van der Waals surface area contributed by atoms with Gasteiger partial charge in [0.1, 0.15) is 5.52 Å². The average Bonchev–Trinajstić information content (AvgIpc) is 3.16. The number of carbonyl (C=O) groups excluding carboxylic acids is 1. The smallest absolute Gasteiger partial charge is 0.276 e. The normalized spacial score (nSPS) is 15.6. The summed E-state index contributed by atoms with van der Waals surface area (Å²) in [5.41, 5.74) is 2.45. The van der Waals surface area contributed by atoms with Crippen molar-refractivity contribution in [1.29, 1.82) is 0 Å². The number of nitrogens with zero attached hydrogens (tertiary/aromatic N) is 4. The van der Waals surface area contributed by atoms with Crippen LogP contribution in [0.15, 0.2) is 35.3 Å². The molecular formula is C19H23N5O2. The first-order valence-corrected chi connectivity index (χ1v) is 9.12. The zero-order chi connectivity index (χ0) is 18.1. The SMILES string of the molecule is Cn1c(=O)c2ccnn2c2ccc(C(=O)NCCN3CCCCC3)cc21. The number of hydrogen-bond acceptors (Lipinski definition) is 4. The quantitative estimate of drug-likeness (QED) is 0.770. The van der Waals surface area contributed by atoms with E-state index in [-0.39, 0.29) is 11.5 Å². The van der Waals surface area contributed by atoms with E-state index in [1.54, 1.807) is 40.5 Å². The summed E-state index contributed by atoms with van der Waals surface area (Å²) < 4.78 is 3.19. The Labute approximate surface area is 151 Å². The standard InChI is InChI=1S/C19H23N5O2/c1-22-17-13-14(18(25)20-9-12-23-10-3-2-4-11-23)5-6-15(17)24-16(19(22)26)7-8-21-24/h5-8,13H,2-4,9-12H2,1H3,(H,20,25). The van der Waals surface area contributed by atoms with E-state index >= 15 is 0 Å². The van der Waals surface area contributed by atoms with E-state index < -0.39 is 0 Å². The molecular weight excluding hydrogens is 330 g/mol. The second-order valence-electron chi connectivity index (χ2n) is 6.85. The lowest BCUT2D eigenvalue weighted by Crippen LogP contribution is -2.37. The highest BCUT2D eigenvalue weighted by Gasteiger charge is 2.13. The number of benzene rings is 1. The molecule has 136 valence electrons. The third-order valence-corrected chi connectivity index (χ3v) is 5.16.